The van der Waals surface area contributed by atoms with Gasteiger partial charge in [-0.25, -0.2) is 4.79 Å². The van der Waals surface area contributed by atoms with Gasteiger partial charge in [0.05, 0.1) is 0 Å². The SMILES string of the molecule is CCCCC(=O)N(C)Cc1ccccc1.O=C(O)C(F)(F)F. The Hall–Kier alpha value is -2.05. The first-order valence-corrected chi connectivity index (χ1v) is 6.76. The summed E-state index contributed by atoms with van der Waals surface area (Å²) in [6.07, 6.45) is -2.36. The van der Waals surface area contributed by atoms with Crippen molar-refractivity contribution in [1.29, 1.82) is 0 Å². The van der Waals surface area contributed by atoms with Crippen molar-refractivity contribution >= 4 is 11.9 Å². The molecule has 7 heteroatoms. The number of hydrogen-bond donors (Lipinski definition) is 1. The van der Waals surface area contributed by atoms with Crippen LogP contribution >= 0.6 is 0 Å². The maximum atomic E-state index is 11.6. The first-order chi connectivity index (χ1) is 10.2. The van der Waals surface area contributed by atoms with E-state index in [1.165, 1.54) is 5.56 Å². The Kier molecular flexibility index (Phi) is 8.89. The third-order valence-corrected chi connectivity index (χ3v) is 2.68. The number of rotatable bonds is 5. The van der Waals surface area contributed by atoms with Gasteiger partial charge in [0.15, 0.2) is 0 Å². The zero-order valence-corrected chi connectivity index (χ0v) is 12.6. The van der Waals surface area contributed by atoms with Gasteiger partial charge in [0.1, 0.15) is 0 Å². The van der Waals surface area contributed by atoms with Gasteiger partial charge in [-0.3, -0.25) is 4.79 Å². The van der Waals surface area contributed by atoms with Crippen LogP contribution < -0.4 is 0 Å². The van der Waals surface area contributed by atoms with Crippen molar-refractivity contribution in [2.45, 2.75) is 38.9 Å². The average Bonchev–Trinajstić information content (AvgIpc) is 2.45. The lowest BCUT2D eigenvalue weighted by atomic mass is 10.2. The molecule has 1 aromatic carbocycles. The molecule has 0 aromatic heterocycles. The molecule has 0 aliphatic carbocycles. The van der Waals surface area contributed by atoms with Gasteiger partial charge in [-0.1, -0.05) is 43.7 Å². The van der Waals surface area contributed by atoms with E-state index in [-0.39, 0.29) is 5.91 Å². The second-order valence-corrected chi connectivity index (χ2v) is 4.64. The van der Waals surface area contributed by atoms with E-state index in [0.717, 1.165) is 12.8 Å². The molecule has 1 amide bonds. The van der Waals surface area contributed by atoms with Gasteiger partial charge < -0.3 is 10.0 Å². The van der Waals surface area contributed by atoms with E-state index >= 15 is 0 Å². The predicted molar refractivity (Wildman–Crippen MR) is 76.1 cm³/mol. The molecule has 0 atom stereocenters. The van der Waals surface area contributed by atoms with Crippen LogP contribution in [0.5, 0.6) is 0 Å². The molecule has 1 N–H and O–H groups in total. The highest BCUT2D eigenvalue weighted by Gasteiger charge is 2.38. The van der Waals surface area contributed by atoms with Crippen molar-refractivity contribution in [3.8, 4) is 0 Å². The molecule has 22 heavy (non-hydrogen) atoms. The first kappa shape index (κ1) is 19.9. The van der Waals surface area contributed by atoms with E-state index in [2.05, 4.69) is 6.92 Å². The van der Waals surface area contributed by atoms with Crippen LogP contribution in [0.3, 0.4) is 0 Å². The molecule has 0 bridgehead atoms. The van der Waals surface area contributed by atoms with Gasteiger partial charge in [0.2, 0.25) is 5.91 Å². The fraction of sp³-hybridized carbons (Fsp3) is 0.467. The minimum absolute atomic E-state index is 0.237. The van der Waals surface area contributed by atoms with Gasteiger partial charge in [0, 0.05) is 20.0 Å². The lowest BCUT2D eigenvalue weighted by Crippen LogP contribution is -2.25. The van der Waals surface area contributed by atoms with E-state index in [0.29, 0.717) is 13.0 Å². The molecule has 0 aliphatic rings. The molecule has 0 aliphatic heterocycles. The van der Waals surface area contributed by atoms with Gasteiger partial charge >= 0.3 is 12.1 Å². The molecule has 0 fully saturated rings. The summed E-state index contributed by atoms with van der Waals surface area (Å²) in [5.41, 5.74) is 1.19. The summed E-state index contributed by atoms with van der Waals surface area (Å²) in [6, 6.07) is 10.1. The smallest absolute Gasteiger partial charge is 0.475 e. The summed E-state index contributed by atoms with van der Waals surface area (Å²) in [5.74, 6) is -2.52. The molecular weight excluding hydrogens is 299 g/mol. The summed E-state index contributed by atoms with van der Waals surface area (Å²) in [5, 5.41) is 7.12. The second-order valence-electron chi connectivity index (χ2n) is 4.64. The van der Waals surface area contributed by atoms with E-state index in [1.54, 1.807) is 4.90 Å². The Morgan fingerprint density at radius 1 is 1.18 bits per heavy atom. The van der Waals surface area contributed by atoms with Crippen molar-refractivity contribution in [1.82, 2.24) is 4.90 Å². The third kappa shape index (κ3) is 8.99. The lowest BCUT2D eigenvalue weighted by molar-refractivity contribution is -0.192. The highest BCUT2D eigenvalue weighted by molar-refractivity contribution is 5.75. The number of carboxylic acid groups (broad SMARTS) is 1. The van der Waals surface area contributed by atoms with Crippen LogP contribution in [0.1, 0.15) is 31.7 Å². The van der Waals surface area contributed by atoms with Gasteiger partial charge in [-0.05, 0) is 12.0 Å². The largest absolute Gasteiger partial charge is 0.490 e. The van der Waals surface area contributed by atoms with Crippen LogP contribution in [0.4, 0.5) is 13.2 Å². The quantitative estimate of drug-likeness (QED) is 0.904. The normalized spacial score (nSPS) is 10.4. The number of carbonyl (C=O) groups is 2. The highest BCUT2D eigenvalue weighted by atomic mass is 19.4. The molecule has 4 nitrogen and oxygen atoms in total. The van der Waals surface area contributed by atoms with Crippen LogP contribution in [0.2, 0.25) is 0 Å². The van der Waals surface area contributed by atoms with E-state index < -0.39 is 12.1 Å². The second kappa shape index (κ2) is 9.81. The minimum Gasteiger partial charge on any atom is -0.475 e. The van der Waals surface area contributed by atoms with Crippen molar-refractivity contribution in [3.05, 3.63) is 35.9 Å². The summed E-state index contributed by atoms with van der Waals surface area (Å²) < 4.78 is 31.7. The van der Waals surface area contributed by atoms with Gasteiger partial charge in [0.25, 0.3) is 0 Å². The van der Waals surface area contributed by atoms with Crippen molar-refractivity contribution < 1.29 is 27.9 Å². The van der Waals surface area contributed by atoms with E-state index in [4.69, 9.17) is 9.90 Å². The summed E-state index contributed by atoms with van der Waals surface area (Å²) in [6.45, 7) is 2.81. The van der Waals surface area contributed by atoms with Crippen molar-refractivity contribution in [2.24, 2.45) is 0 Å². The average molecular weight is 319 g/mol. The van der Waals surface area contributed by atoms with Crippen LogP contribution in [0.15, 0.2) is 30.3 Å². The number of unbranched alkanes of at least 4 members (excludes halogenated alkanes) is 1. The zero-order valence-electron chi connectivity index (χ0n) is 12.6. The van der Waals surface area contributed by atoms with E-state index in [9.17, 15) is 18.0 Å². The molecular formula is C15H20F3NO3. The Morgan fingerprint density at radius 3 is 2.09 bits per heavy atom. The Bertz CT molecular complexity index is 461. The molecule has 0 heterocycles. The van der Waals surface area contributed by atoms with Crippen LogP contribution in [0, 0.1) is 0 Å². The number of nitrogens with zero attached hydrogens (tertiary/aromatic N) is 1. The molecule has 1 rings (SSSR count). The summed E-state index contributed by atoms with van der Waals surface area (Å²) in [4.78, 5) is 22.3. The number of aliphatic carboxylic acids is 1. The standard InChI is InChI=1S/C13H19NO.C2HF3O2/c1-3-4-10-13(15)14(2)11-12-8-6-5-7-9-12;3-2(4,5)1(6)7/h5-9H,3-4,10-11H2,1-2H3;(H,6,7). The monoisotopic (exact) mass is 319 g/mol. The molecule has 1 aromatic rings. The number of halogens is 3. The number of carbonyl (C=O) groups excluding carboxylic acids is 1. The highest BCUT2D eigenvalue weighted by Crippen LogP contribution is 2.13. The van der Waals surface area contributed by atoms with Crippen molar-refractivity contribution in [2.75, 3.05) is 7.05 Å². The predicted octanol–water partition coefficient (Wildman–Crippen LogP) is 3.47. The van der Waals surface area contributed by atoms with Crippen molar-refractivity contribution in [3.63, 3.8) is 0 Å². The van der Waals surface area contributed by atoms with Gasteiger partial charge in [-0.15, -0.1) is 0 Å². The maximum absolute atomic E-state index is 11.6. The fourth-order valence-electron chi connectivity index (χ4n) is 1.46. The lowest BCUT2D eigenvalue weighted by Gasteiger charge is -2.16. The number of benzene rings is 1. The Labute approximate surface area is 127 Å². The molecule has 124 valence electrons. The number of amides is 1. The van der Waals surface area contributed by atoms with Crippen LogP contribution in [-0.2, 0) is 16.1 Å². The molecule has 0 spiro atoms. The first-order valence-electron chi connectivity index (χ1n) is 6.76. The van der Waals surface area contributed by atoms with Crippen LogP contribution in [0.25, 0.3) is 0 Å². The fourth-order valence-corrected chi connectivity index (χ4v) is 1.46. The maximum Gasteiger partial charge on any atom is 0.490 e. The third-order valence-electron chi connectivity index (χ3n) is 2.68. The number of hydrogen-bond acceptors (Lipinski definition) is 2. The summed E-state index contributed by atoms with van der Waals surface area (Å²) in [7, 11) is 1.87. The van der Waals surface area contributed by atoms with E-state index in [1.807, 2.05) is 37.4 Å². The van der Waals surface area contributed by atoms with Gasteiger partial charge in [-0.2, -0.15) is 13.2 Å². The van der Waals surface area contributed by atoms with Crippen LogP contribution in [-0.4, -0.2) is 35.1 Å². The molecule has 0 radical (unpaired) electrons. The Balaban J connectivity index is 0.000000534. The zero-order chi connectivity index (χ0) is 17.2. The number of carboxylic acids is 1. The number of alkyl halides is 3. The minimum atomic E-state index is -5.08. The topological polar surface area (TPSA) is 57.6 Å². The molecule has 0 saturated carbocycles. The molecule has 0 unspecified atom stereocenters. The molecule has 0 saturated heterocycles. The summed E-state index contributed by atoms with van der Waals surface area (Å²) >= 11 is 0. The Morgan fingerprint density at radius 2 is 1.68 bits per heavy atom.